The molecule has 0 atom stereocenters. The minimum absolute atomic E-state index is 0.111. The molecule has 0 aliphatic carbocycles. The van der Waals surface area contributed by atoms with Crippen LogP contribution in [0, 0.1) is 0 Å². The molecule has 2 heterocycles. The van der Waals surface area contributed by atoms with Crippen molar-refractivity contribution in [2.24, 2.45) is 4.99 Å². The summed E-state index contributed by atoms with van der Waals surface area (Å²) in [6.07, 6.45) is 0. The van der Waals surface area contributed by atoms with Crippen molar-refractivity contribution in [3.05, 3.63) is 47.5 Å². The molecule has 0 saturated carbocycles. The van der Waals surface area contributed by atoms with Crippen LogP contribution in [0.1, 0.15) is 15.9 Å². The number of aromatic hydroxyl groups is 1. The van der Waals surface area contributed by atoms with Crippen molar-refractivity contribution in [2.45, 2.75) is 0 Å². The van der Waals surface area contributed by atoms with Crippen molar-refractivity contribution >= 4 is 28.1 Å². The molecule has 0 spiro atoms. The Kier molecular flexibility index (Phi) is 3.06. The van der Waals surface area contributed by atoms with Gasteiger partial charge in [0, 0.05) is 17.0 Å². The average Bonchev–Trinajstić information content (AvgIpc) is 3.09. The minimum atomic E-state index is -0.211. The van der Waals surface area contributed by atoms with Crippen molar-refractivity contribution in [1.82, 2.24) is 4.98 Å². The first-order valence-electron chi connectivity index (χ1n) is 7.33. The summed E-state index contributed by atoms with van der Waals surface area (Å²) in [6.45, 7) is 0. The van der Waals surface area contributed by atoms with Crippen LogP contribution in [0.4, 0.5) is 5.69 Å². The van der Waals surface area contributed by atoms with E-state index in [-0.39, 0.29) is 17.4 Å². The molecule has 1 aromatic heterocycles. The molecule has 1 aliphatic rings. The standard InChI is InChI=1S/C18H14N2O4/c1-23-13-7-10-12(8-14(13)24-2)20-18(22)15(10)16-17(21)9-5-3-4-6-11(9)19-16/h3-8,20,22H,1-2H3. The van der Waals surface area contributed by atoms with Gasteiger partial charge in [-0.1, -0.05) is 12.1 Å². The molecule has 4 rings (SSSR count). The number of carbonyl (C=O) groups is 1. The number of aromatic nitrogens is 1. The molecular formula is C18H14N2O4. The number of hydrogen-bond acceptors (Lipinski definition) is 5. The summed E-state index contributed by atoms with van der Waals surface area (Å²) in [7, 11) is 3.07. The fourth-order valence-corrected chi connectivity index (χ4v) is 2.98. The molecular weight excluding hydrogens is 308 g/mol. The number of nitrogens with zero attached hydrogens (tertiary/aromatic N) is 1. The maximum atomic E-state index is 12.7. The Morgan fingerprint density at radius 3 is 2.50 bits per heavy atom. The van der Waals surface area contributed by atoms with Crippen molar-refractivity contribution < 1.29 is 19.4 Å². The number of ketones is 1. The lowest BCUT2D eigenvalue weighted by atomic mass is 10.0. The van der Waals surface area contributed by atoms with Crippen LogP contribution < -0.4 is 9.47 Å². The highest BCUT2D eigenvalue weighted by atomic mass is 16.5. The molecule has 0 bridgehead atoms. The van der Waals surface area contributed by atoms with Gasteiger partial charge in [0.2, 0.25) is 5.78 Å². The summed E-state index contributed by atoms with van der Waals surface area (Å²) in [4.78, 5) is 19.9. The fourth-order valence-electron chi connectivity index (χ4n) is 2.98. The second-order valence-corrected chi connectivity index (χ2v) is 5.41. The number of para-hydroxylation sites is 1. The Labute approximate surface area is 137 Å². The van der Waals surface area contributed by atoms with Gasteiger partial charge in [0.1, 0.15) is 5.71 Å². The van der Waals surface area contributed by atoms with Crippen molar-refractivity contribution in [3.63, 3.8) is 0 Å². The molecule has 0 unspecified atom stereocenters. The number of H-pyrrole nitrogens is 1. The summed E-state index contributed by atoms with van der Waals surface area (Å²) in [5.74, 6) is 0.714. The van der Waals surface area contributed by atoms with Crippen LogP contribution in [0.3, 0.4) is 0 Å². The van der Waals surface area contributed by atoms with Gasteiger partial charge in [-0.15, -0.1) is 0 Å². The van der Waals surface area contributed by atoms with E-state index in [0.29, 0.717) is 39.2 Å². The molecule has 2 aromatic carbocycles. The van der Waals surface area contributed by atoms with Crippen molar-refractivity contribution in [2.75, 3.05) is 14.2 Å². The monoisotopic (exact) mass is 322 g/mol. The number of nitrogens with one attached hydrogen (secondary N) is 1. The third-order valence-electron chi connectivity index (χ3n) is 4.12. The number of ether oxygens (including phenoxy) is 2. The first kappa shape index (κ1) is 14.3. The molecule has 24 heavy (non-hydrogen) atoms. The van der Waals surface area contributed by atoms with Gasteiger partial charge in [-0.25, -0.2) is 4.99 Å². The summed E-state index contributed by atoms with van der Waals surface area (Å²) in [5.41, 5.74) is 2.35. The van der Waals surface area contributed by atoms with Crippen LogP contribution in [-0.4, -0.2) is 35.8 Å². The molecule has 120 valence electrons. The number of Topliss-reactive ketones (excluding diaryl/α,β-unsaturated/α-hetero) is 1. The predicted octanol–water partition coefficient (Wildman–Crippen LogP) is 3.21. The number of aromatic amines is 1. The van der Waals surface area contributed by atoms with Crippen molar-refractivity contribution in [3.8, 4) is 17.4 Å². The van der Waals surface area contributed by atoms with Crippen LogP contribution in [0.2, 0.25) is 0 Å². The van der Waals surface area contributed by atoms with E-state index in [0.717, 1.165) is 0 Å². The molecule has 0 radical (unpaired) electrons. The molecule has 3 aromatic rings. The smallest absolute Gasteiger partial charge is 0.214 e. The van der Waals surface area contributed by atoms with Crippen LogP contribution in [0.25, 0.3) is 10.9 Å². The summed E-state index contributed by atoms with van der Waals surface area (Å²) in [5, 5.41) is 11.0. The number of fused-ring (bicyclic) bond motifs is 2. The summed E-state index contributed by atoms with van der Waals surface area (Å²) in [6, 6.07) is 10.5. The number of rotatable bonds is 3. The van der Waals surface area contributed by atoms with E-state index in [1.54, 1.807) is 30.3 Å². The van der Waals surface area contributed by atoms with E-state index in [4.69, 9.17) is 9.47 Å². The third kappa shape index (κ3) is 1.89. The maximum absolute atomic E-state index is 12.7. The average molecular weight is 322 g/mol. The predicted molar refractivity (Wildman–Crippen MR) is 90.0 cm³/mol. The Hall–Kier alpha value is -3.28. The molecule has 1 aliphatic heterocycles. The van der Waals surface area contributed by atoms with Gasteiger partial charge in [0.25, 0.3) is 0 Å². The van der Waals surface area contributed by atoms with E-state index in [9.17, 15) is 9.90 Å². The highest BCUT2D eigenvalue weighted by Gasteiger charge is 2.30. The summed E-state index contributed by atoms with van der Waals surface area (Å²) < 4.78 is 10.6. The van der Waals surface area contributed by atoms with Crippen molar-refractivity contribution in [1.29, 1.82) is 0 Å². The first-order chi connectivity index (χ1) is 11.6. The quantitative estimate of drug-likeness (QED) is 0.775. The van der Waals surface area contributed by atoms with E-state index in [2.05, 4.69) is 9.98 Å². The molecule has 0 fully saturated rings. The Morgan fingerprint density at radius 1 is 1.08 bits per heavy atom. The summed E-state index contributed by atoms with van der Waals surface area (Å²) >= 11 is 0. The first-order valence-corrected chi connectivity index (χ1v) is 7.33. The number of benzene rings is 2. The number of carbonyl (C=O) groups excluding carboxylic acids is 1. The lowest BCUT2D eigenvalue weighted by Crippen LogP contribution is -2.10. The van der Waals surface area contributed by atoms with Crippen LogP contribution >= 0.6 is 0 Å². The van der Waals surface area contributed by atoms with Crippen LogP contribution in [-0.2, 0) is 0 Å². The molecule has 2 N–H and O–H groups in total. The zero-order valence-electron chi connectivity index (χ0n) is 13.1. The second kappa shape index (κ2) is 5.13. The Bertz CT molecular complexity index is 1020. The van der Waals surface area contributed by atoms with E-state index in [1.165, 1.54) is 14.2 Å². The third-order valence-corrected chi connectivity index (χ3v) is 4.12. The SMILES string of the molecule is COc1cc2[nH]c(O)c(C3=Nc4ccccc4C3=O)c2cc1OC. The Balaban J connectivity index is 1.95. The minimum Gasteiger partial charge on any atom is -0.494 e. The van der Waals surface area contributed by atoms with Crippen LogP contribution in [0.5, 0.6) is 17.4 Å². The van der Waals surface area contributed by atoms with Gasteiger partial charge in [-0.05, 0) is 18.2 Å². The number of aliphatic imine (C=N–C) groups is 1. The highest BCUT2D eigenvalue weighted by Crippen LogP contribution is 2.39. The van der Waals surface area contributed by atoms with Gasteiger partial charge in [0.05, 0.1) is 31.0 Å². The molecule has 6 nitrogen and oxygen atoms in total. The normalized spacial score (nSPS) is 13.1. The molecule has 0 amide bonds. The maximum Gasteiger partial charge on any atom is 0.214 e. The fraction of sp³-hybridized carbons (Fsp3) is 0.111. The van der Waals surface area contributed by atoms with E-state index in [1.807, 2.05) is 6.07 Å². The molecule has 0 saturated heterocycles. The van der Waals surface area contributed by atoms with Gasteiger partial charge in [-0.2, -0.15) is 0 Å². The van der Waals surface area contributed by atoms with Gasteiger partial charge in [0.15, 0.2) is 17.4 Å². The second-order valence-electron chi connectivity index (χ2n) is 5.41. The van der Waals surface area contributed by atoms with Gasteiger partial charge >= 0.3 is 0 Å². The zero-order chi connectivity index (χ0) is 16.8. The topological polar surface area (TPSA) is 83.9 Å². The zero-order valence-corrected chi connectivity index (χ0v) is 13.1. The van der Waals surface area contributed by atoms with E-state index >= 15 is 0 Å². The highest BCUT2D eigenvalue weighted by molar-refractivity contribution is 6.56. The number of hydrogen-bond donors (Lipinski definition) is 2. The van der Waals surface area contributed by atoms with E-state index < -0.39 is 0 Å². The number of methoxy groups -OCH3 is 2. The lowest BCUT2D eigenvalue weighted by molar-refractivity contribution is 0.107. The van der Waals surface area contributed by atoms with Gasteiger partial charge in [-0.3, -0.25) is 4.79 Å². The van der Waals surface area contributed by atoms with Gasteiger partial charge < -0.3 is 19.6 Å². The lowest BCUT2D eigenvalue weighted by Gasteiger charge is -2.07. The Morgan fingerprint density at radius 2 is 1.79 bits per heavy atom. The largest absolute Gasteiger partial charge is 0.494 e. The van der Waals surface area contributed by atoms with Crippen LogP contribution in [0.15, 0.2) is 41.4 Å². The molecule has 6 heteroatoms.